The van der Waals surface area contributed by atoms with Gasteiger partial charge in [0.05, 0.1) is 12.8 Å². The van der Waals surface area contributed by atoms with Gasteiger partial charge in [-0.3, -0.25) is 4.98 Å². The fraction of sp³-hybridized carbons (Fsp3) is 0.154. The lowest BCUT2D eigenvalue weighted by Crippen LogP contribution is -2.16. The summed E-state index contributed by atoms with van der Waals surface area (Å²) in [5.41, 5.74) is 1.28. The average Bonchev–Trinajstić information content (AvgIpc) is 2.38. The largest absolute Gasteiger partial charge is 0.573 e. The van der Waals surface area contributed by atoms with Crippen molar-refractivity contribution in [1.29, 1.82) is 0 Å². The monoisotopic (exact) mass is 269 g/mol. The molecule has 0 atom stereocenters. The van der Waals surface area contributed by atoms with Crippen LogP contribution < -0.4 is 9.47 Å². The van der Waals surface area contributed by atoms with Gasteiger partial charge in [0.25, 0.3) is 0 Å². The molecule has 1 aromatic heterocycles. The van der Waals surface area contributed by atoms with Crippen molar-refractivity contribution in [2.24, 2.45) is 0 Å². The fourth-order valence-corrected chi connectivity index (χ4v) is 1.52. The molecular weight excluding hydrogens is 259 g/mol. The number of ether oxygens (including phenoxy) is 2. The maximum absolute atomic E-state index is 12.0. The van der Waals surface area contributed by atoms with E-state index in [0.717, 1.165) is 0 Å². The SMILES string of the molecule is COc1ccnc(-c2ccc(OC(F)(F)F)cc2)c1. The zero-order valence-corrected chi connectivity index (χ0v) is 9.94. The number of hydrogen-bond acceptors (Lipinski definition) is 3. The van der Waals surface area contributed by atoms with E-state index < -0.39 is 6.36 Å². The molecule has 0 aliphatic rings. The Bertz CT molecular complexity index is 553. The molecule has 0 fully saturated rings. The molecule has 0 bridgehead atoms. The number of hydrogen-bond donors (Lipinski definition) is 0. The van der Waals surface area contributed by atoms with E-state index in [1.165, 1.54) is 31.4 Å². The summed E-state index contributed by atoms with van der Waals surface area (Å²) in [6.45, 7) is 0. The molecule has 0 N–H and O–H groups in total. The van der Waals surface area contributed by atoms with Gasteiger partial charge in [0.2, 0.25) is 0 Å². The second-order valence-electron chi connectivity index (χ2n) is 3.65. The van der Waals surface area contributed by atoms with Crippen LogP contribution in [0.2, 0.25) is 0 Å². The lowest BCUT2D eigenvalue weighted by molar-refractivity contribution is -0.274. The molecule has 0 amide bonds. The summed E-state index contributed by atoms with van der Waals surface area (Å²) in [7, 11) is 1.53. The van der Waals surface area contributed by atoms with Gasteiger partial charge >= 0.3 is 6.36 Å². The Labute approximate surface area is 107 Å². The number of aromatic nitrogens is 1. The minimum absolute atomic E-state index is 0.265. The second kappa shape index (κ2) is 5.17. The van der Waals surface area contributed by atoms with E-state index in [-0.39, 0.29) is 5.75 Å². The lowest BCUT2D eigenvalue weighted by Gasteiger charge is -2.09. The van der Waals surface area contributed by atoms with Gasteiger partial charge in [-0.1, -0.05) is 0 Å². The molecule has 19 heavy (non-hydrogen) atoms. The van der Waals surface area contributed by atoms with Crippen molar-refractivity contribution >= 4 is 0 Å². The van der Waals surface area contributed by atoms with Crippen LogP contribution in [-0.4, -0.2) is 18.5 Å². The van der Waals surface area contributed by atoms with E-state index in [2.05, 4.69) is 9.72 Å². The number of halogens is 3. The molecule has 0 unspecified atom stereocenters. The van der Waals surface area contributed by atoms with E-state index in [9.17, 15) is 13.2 Å². The van der Waals surface area contributed by atoms with Crippen LogP contribution in [0.15, 0.2) is 42.6 Å². The van der Waals surface area contributed by atoms with Crippen LogP contribution in [0.4, 0.5) is 13.2 Å². The van der Waals surface area contributed by atoms with Crippen molar-refractivity contribution in [3.63, 3.8) is 0 Å². The normalized spacial score (nSPS) is 11.2. The molecule has 6 heteroatoms. The van der Waals surface area contributed by atoms with Crippen LogP contribution >= 0.6 is 0 Å². The molecule has 0 spiro atoms. The average molecular weight is 269 g/mol. The number of nitrogens with zero attached hydrogens (tertiary/aromatic N) is 1. The molecule has 0 aliphatic heterocycles. The number of pyridine rings is 1. The van der Waals surface area contributed by atoms with Gasteiger partial charge in [-0.2, -0.15) is 0 Å². The summed E-state index contributed by atoms with van der Waals surface area (Å²) in [5.74, 6) is 0.361. The highest BCUT2D eigenvalue weighted by Crippen LogP contribution is 2.26. The van der Waals surface area contributed by atoms with Crippen molar-refractivity contribution in [3.8, 4) is 22.8 Å². The topological polar surface area (TPSA) is 31.4 Å². The molecule has 1 heterocycles. The first-order chi connectivity index (χ1) is 8.98. The first kappa shape index (κ1) is 13.2. The van der Waals surface area contributed by atoms with Gasteiger partial charge in [-0.05, 0) is 30.3 Å². The molecule has 3 nitrogen and oxygen atoms in total. The zero-order chi connectivity index (χ0) is 13.9. The Morgan fingerprint density at radius 2 is 1.68 bits per heavy atom. The summed E-state index contributed by atoms with van der Waals surface area (Å²) in [6.07, 6.45) is -3.12. The van der Waals surface area contributed by atoms with Crippen LogP contribution in [-0.2, 0) is 0 Å². The first-order valence-corrected chi connectivity index (χ1v) is 5.34. The van der Waals surface area contributed by atoms with Crippen LogP contribution in [0.5, 0.6) is 11.5 Å². The molecule has 2 rings (SSSR count). The molecule has 0 saturated carbocycles. The Kier molecular flexibility index (Phi) is 3.59. The van der Waals surface area contributed by atoms with Gasteiger partial charge in [-0.25, -0.2) is 0 Å². The highest BCUT2D eigenvalue weighted by atomic mass is 19.4. The minimum Gasteiger partial charge on any atom is -0.497 e. The summed E-state index contributed by atoms with van der Waals surface area (Å²) in [6, 6.07) is 8.86. The standard InChI is InChI=1S/C13H10F3NO2/c1-18-11-6-7-17-12(8-11)9-2-4-10(5-3-9)19-13(14,15)16/h2-8H,1H3. The van der Waals surface area contributed by atoms with Crippen LogP contribution in [0, 0.1) is 0 Å². The molecular formula is C13H10F3NO2. The highest BCUT2D eigenvalue weighted by Gasteiger charge is 2.30. The number of rotatable bonds is 3. The van der Waals surface area contributed by atoms with Crippen LogP contribution in [0.3, 0.4) is 0 Å². The third kappa shape index (κ3) is 3.61. The molecule has 1 aromatic carbocycles. The van der Waals surface area contributed by atoms with Gasteiger partial charge in [0, 0.05) is 17.8 Å². The quantitative estimate of drug-likeness (QED) is 0.852. The minimum atomic E-state index is -4.68. The maximum atomic E-state index is 12.0. The van der Waals surface area contributed by atoms with Crippen molar-refractivity contribution in [2.75, 3.05) is 7.11 Å². The maximum Gasteiger partial charge on any atom is 0.573 e. The Hall–Kier alpha value is -2.24. The number of alkyl halides is 3. The highest BCUT2D eigenvalue weighted by molar-refractivity contribution is 5.61. The van der Waals surface area contributed by atoms with E-state index in [1.54, 1.807) is 18.3 Å². The van der Waals surface area contributed by atoms with Crippen molar-refractivity contribution in [2.45, 2.75) is 6.36 Å². The fourth-order valence-electron chi connectivity index (χ4n) is 1.52. The summed E-state index contributed by atoms with van der Waals surface area (Å²) < 4.78 is 44.9. The van der Waals surface area contributed by atoms with Crippen LogP contribution in [0.25, 0.3) is 11.3 Å². The van der Waals surface area contributed by atoms with Gasteiger partial charge in [0.1, 0.15) is 11.5 Å². The van der Waals surface area contributed by atoms with Crippen molar-refractivity contribution in [1.82, 2.24) is 4.98 Å². The Balaban J connectivity index is 2.22. The first-order valence-electron chi connectivity index (χ1n) is 5.34. The summed E-state index contributed by atoms with van der Waals surface area (Å²) in [4.78, 5) is 4.12. The van der Waals surface area contributed by atoms with E-state index >= 15 is 0 Å². The molecule has 0 saturated heterocycles. The molecule has 100 valence electrons. The zero-order valence-electron chi connectivity index (χ0n) is 9.94. The molecule has 2 aromatic rings. The Morgan fingerprint density at radius 3 is 2.26 bits per heavy atom. The summed E-state index contributed by atoms with van der Waals surface area (Å²) in [5, 5.41) is 0. The lowest BCUT2D eigenvalue weighted by atomic mass is 10.1. The second-order valence-corrected chi connectivity index (χ2v) is 3.65. The van der Waals surface area contributed by atoms with Gasteiger partial charge in [0.15, 0.2) is 0 Å². The summed E-state index contributed by atoms with van der Waals surface area (Å²) >= 11 is 0. The predicted octanol–water partition coefficient (Wildman–Crippen LogP) is 3.66. The van der Waals surface area contributed by atoms with Crippen molar-refractivity contribution < 1.29 is 22.6 Å². The van der Waals surface area contributed by atoms with E-state index in [1.807, 2.05) is 0 Å². The molecule has 0 radical (unpaired) electrons. The van der Waals surface area contributed by atoms with E-state index in [4.69, 9.17) is 4.74 Å². The molecule has 0 aliphatic carbocycles. The van der Waals surface area contributed by atoms with Crippen molar-refractivity contribution in [3.05, 3.63) is 42.6 Å². The number of benzene rings is 1. The third-order valence-corrected chi connectivity index (χ3v) is 2.35. The van der Waals surface area contributed by atoms with Gasteiger partial charge in [-0.15, -0.1) is 13.2 Å². The third-order valence-electron chi connectivity index (χ3n) is 2.35. The van der Waals surface area contributed by atoms with E-state index in [0.29, 0.717) is 17.0 Å². The smallest absolute Gasteiger partial charge is 0.497 e. The van der Waals surface area contributed by atoms with Crippen LogP contribution in [0.1, 0.15) is 0 Å². The van der Waals surface area contributed by atoms with Gasteiger partial charge < -0.3 is 9.47 Å². The predicted molar refractivity (Wildman–Crippen MR) is 62.9 cm³/mol. The number of methoxy groups -OCH3 is 1. The Morgan fingerprint density at radius 1 is 1.00 bits per heavy atom.